The molecule has 0 amide bonds. The summed E-state index contributed by atoms with van der Waals surface area (Å²) in [5.74, 6) is -0.824. The Labute approximate surface area is 81.4 Å². The molecule has 0 aliphatic carbocycles. The van der Waals surface area contributed by atoms with Gasteiger partial charge in [-0.3, -0.25) is 4.79 Å². The monoisotopic (exact) mass is 199 g/mol. The van der Waals surface area contributed by atoms with E-state index in [1.54, 1.807) is 6.20 Å². The quantitative estimate of drug-likeness (QED) is 0.793. The third-order valence-corrected chi connectivity index (χ3v) is 3.02. The molecule has 72 valence electrons. The summed E-state index contributed by atoms with van der Waals surface area (Å²) in [5.41, 5.74) is 0.0639. The second kappa shape index (κ2) is 3.46. The first-order valence-corrected chi connectivity index (χ1v) is 4.88. The summed E-state index contributed by atoms with van der Waals surface area (Å²) < 4.78 is 0. The van der Waals surface area contributed by atoms with Gasteiger partial charge in [-0.25, -0.2) is 4.98 Å². The fourth-order valence-electron chi connectivity index (χ4n) is 0.868. The van der Waals surface area contributed by atoms with Gasteiger partial charge < -0.3 is 5.11 Å². The maximum absolute atomic E-state index is 10.4. The highest BCUT2D eigenvalue weighted by Gasteiger charge is 2.17. The van der Waals surface area contributed by atoms with Crippen LogP contribution in [0.15, 0.2) is 6.20 Å². The Bertz CT molecular complexity index is 312. The minimum Gasteiger partial charge on any atom is -0.481 e. The van der Waals surface area contributed by atoms with Gasteiger partial charge in [0.2, 0.25) is 0 Å². The van der Waals surface area contributed by atoms with Gasteiger partial charge in [-0.05, 0) is 5.41 Å². The number of nitrogens with zero attached hydrogens (tertiary/aromatic N) is 1. The Hall–Kier alpha value is -0.900. The van der Waals surface area contributed by atoms with Crippen LogP contribution in [0.25, 0.3) is 0 Å². The maximum Gasteiger partial charge on any atom is 0.310 e. The van der Waals surface area contributed by atoms with Gasteiger partial charge in [0.05, 0.1) is 6.42 Å². The number of carboxylic acids is 1. The van der Waals surface area contributed by atoms with Gasteiger partial charge >= 0.3 is 5.97 Å². The van der Waals surface area contributed by atoms with Crippen molar-refractivity contribution in [2.24, 2.45) is 0 Å². The number of aromatic nitrogens is 1. The molecule has 1 rings (SSSR count). The molecule has 0 saturated carbocycles. The van der Waals surface area contributed by atoms with Gasteiger partial charge in [0.1, 0.15) is 5.01 Å². The molecule has 3 nitrogen and oxygen atoms in total. The number of aliphatic carboxylic acids is 1. The molecule has 1 aromatic rings. The zero-order valence-electron chi connectivity index (χ0n) is 8.00. The van der Waals surface area contributed by atoms with Crippen molar-refractivity contribution in [1.29, 1.82) is 0 Å². The molecule has 0 fully saturated rings. The van der Waals surface area contributed by atoms with Crippen LogP contribution in [0.1, 0.15) is 30.7 Å². The second-order valence-corrected chi connectivity index (χ2v) is 5.05. The average molecular weight is 199 g/mol. The Kier molecular flexibility index (Phi) is 2.71. The summed E-state index contributed by atoms with van der Waals surface area (Å²) in [6, 6.07) is 0. The lowest BCUT2D eigenvalue weighted by molar-refractivity contribution is -0.136. The van der Waals surface area contributed by atoms with Crippen LogP contribution in [-0.2, 0) is 16.6 Å². The lowest BCUT2D eigenvalue weighted by atomic mass is 9.96. The van der Waals surface area contributed by atoms with E-state index in [0.29, 0.717) is 5.01 Å². The first-order valence-electron chi connectivity index (χ1n) is 4.06. The van der Waals surface area contributed by atoms with Crippen LogP contribution in [0.3, 0.4) is 0 Å². The first kappa shape index (κ1) is 10.2. The number of carboxylic acid groups (broad SMARTS) is 1. The molecule has 13 heavy (non-hydrogen) atoms. The summed E-state index contributed by atoms with van der Waals surface area (Å²) >= 11 is 1.48. The molecule has 1 N–H and O–H groups in total. The first-order chi connectivity index (χ1) is 5.89. The Balaban J connectivity index is 2.81. The SMILES string of the molecule is CC(C)(C)c1cnc(CC(=O)O)s1. The number of thiazole rings is 1. The van der Waals surface area contributed by atoms with Crippen LogP contribution in [0.2, 0.25) is 0 Å². The van der Waals surface area contributed by atoms with Gasteiger partial charge in [0.15, 0.2) is 0 Å². The van der Waals surface area contributed by atoms with E-state index in [1.807, 2.05) is 0 Å². The highest BCUT2D eigenvalue weighted by atomic mass is 32.1. The summed E-state index contributed by atoms with van der Waals surface area (Å²) in [5, 5.41) is 9.22. The molecule has 0 bridgehead atoms. The molecule has 0 saturated heterocycles. The van der Waals surface area contributed by atoms with E-state index in [1.165, 1.54) is 11.3 Å². The molecule has 0 unspecified atom stereocenters. The summed E-state index contributed by atoms with van der Waals surface area (Å²) in [7, 11) is 0. The molecule has 1 heterocycles. The van der Waals surface area contributed by atoms with Crippen molar-refractivity contribution < 1.29 is 9.90 Å². The average Bonchev–Trinajstić information content (AvgIpc) is 2.32. The molecular formula is C9H13NO2S. The van der Waals surface area contributed by atoms with Crippen LogP contribution in [-0.4, -0.2) is 16.1 Å². The fourth-order valence-corrected chi connectivity index (χ4v) is 1.83. The topological polar surface area (TPSA) is 50.2 Å². The molecule has 0 radical (unpaired) electrons. The Morgan fingerprint density at radius 2 is 2.23 bits per heavy atom. The normalized spacial score (nSPS) is 11.6. The predicted octanol–water partition coefficient (Wildman–Crippen LogP) is 2.07. The van der Waals surface area contributed by atoms with E-state index in [-0.39, 0.29) is 11.8 Å². The van der Waals surface area contributed by atoms with Crippen molar-refractivity contribution in [2.75, 3.05) is 0 Å². The number of carbonyl (C=O) groups is 1. The lowest BCUT2D eigenvalue weighted by Crippen LogP contribution is -2.07. The standard InChI is InChI=1S/C9H13NO2S/c1-9(2,3)6-5-10-7(13-6)4-8(11)12/h5H,4H2,1-3H3,(H,11,12). The Morgan fingerprint density at radius 3 is 2.62 bits per heavy atom. The van der Waals surface area contributed by atoms with Crippen LogP contribution in [0.4, 0.5) is 0 Å². The van der Waals surface area contributed by atoms with E-state index in [9.17, 15) is 4.79 Å². The minimum absolute atomic E-state index is 0.0285. The molecule has 4 heteroatoms. The highest BCUT2D eigenvalue weighted by Crippen LogP contribution is 2.27. The predicted molar refractivity (Wildman–Crippen MR) is 52.2 cm³/mol. The van der Waals surface area contributed by atoms with E-state index in [0.717, 1.165) is 4.88 Å². The zero-order valence-corrected chi connectivity index (χ0v) is 8.81. The molecule has 1 aromatic heterocycles. The van der Waals surface area contributed by atoms with Crippen LogP contribution in [0.5, 0.6) is 0 Å². The van der Waals surface area contributed by atoms with Crippen LogP contribution < -0.4 is 0 Å². The van der Waals surface area contributed by atoms with Crippen molar-refractivity contribution in [2.45, 2.75) is 32.6 Å². The van der Waals surface area contributed by atoms with Crippen LogP contribution >= 0.6 is 11.3 Å². The molecule has 0 aromatic carbocycles. The van der Waals surface area contributed by atoms with Crippen molar-refractivity contribution in [3.8, 4) is 0 Å². The molecule has 0 aliphatic rings. The Morgan fingerprint density at radius 1 is 1.62 bits per heavy atom. The number of hydrogen-bond acceptors (Lipinski definition) is 3. The highest BCUT2D eigenvalue weighted by molar-refractivity contribution is 7.11. The summed E-state index contributed by atoms with van der Waals surface area (Å²) in [4.78, 5) is 15.6. The van der Waals surface area contributed by atoms with Gasteiger partial charge in [0, 0.05) is 11.1 Å². The van der Waals surface area contributed by atoms with E-state index in [2.05, 4.69) is 25.8 Å². The third-order valence-electron chi connectivity index (χ3n) is 1.60. The van der Waals surface area contributed by atoms with Crippen molar-refractivity contribution in [1.82, 2.24) is 4.98 Å². The smallest absolute Gasteiger partial charge is 0.310 e. The van der Waals surface area contributed by atoms with E-state index < -0.39 is 5.97 Å². The van der Waals surface area contributed by atoms with E-state index in [4.69, 9.17) is 5.11 Å². The van der Waals surface area contributed by atoms with Crippen LogP contribution in [0, 0.1) is 0 Å². The molecular weight excluding hydrogens is 186 g/mol. The maximum atomic E-state index is 10.4. The van der Waals surface area contributed by atoms with Gasteiger partial charge in [0.25, 0.3) is 0 Å². The number of rotatable bonds is 2. The van der Waals surface area contributed by atoms with Gasteiger partial charge in [-0.2, -0.15) is 0 Å². The summed E-state index contributed by atoms with van der Waals surface area (Å²) in [6.45, 7) is 6.27. The number of hydrogen-bond donors (Lipinski definition) is 1. The molecule has 0 spiro atoms. The van der Waals surface area contributed by atoms with E-state index >= 15 is 0 Å². The minimum atomic E-state index is -0.824. The fraction of sp³-hybridized carbons (Fsp3) is 0.556. The summed E-state index contributed by atoms with van der Waals surface area (Å²) in [6.07, 6.45) is 1.80. The van der Waals surface area contributed by atoms with Gasteiger partial charge in [-0.1, -0.05) is 20.8 Å². The zero-order chi connectivity index (χ0) is 10.1. The second-order valence-electron chi connectivity index (χ2n) is 3.94. The van der Waals surface area contributed by atoms with Crippen molar-refractivity contribution in [3.05, 3.63) is 16.1 Å². The van der Waals surface area contributed by atoms with Crippen molar-refractivity contribution >= 4 is 17.3 Å². The third kappa shape index (κ3) is 2.81. The largest absolute Gasteiger partial charge is 0.481 e. The lowest BCUT2D eigenvalue weighted by Gasteiger charge is -2.14. The van der Waals surface area contributed by atoms with Gasteiger partial charge in [-0.15, -0.1) is 11.3 Å². The molecule has 0 atom stereocenters. The molecule has 0 aliphatic heterocycles. The van der Waals surface area contributed by atoms with Crippen molar-refractivity contribution in [3.63, 3.8) is 0 Å².